The number of methoxy groups -OCH3 is 1. The molecule has 0 spiro atoms. The van der Waals surface area contributed by atoms with Crippen molar-refractivity contribution in [1.29, 1.82) is 0 Å². The standard InChI is InChI=1S/C20H31N3O4/c1-5-21-20(25)22-9-10-27-18(13-22)14-23(12-15(2)3)19(24)16-7-6-8-17(11-16)26-4/h6-8,11,15,18H,5,9-10,12-14H2,1-4H3,(H,21,25)/t18-/m1/s1. The van der Waals surface area contributed by atoms with E-state index in [4.69, 9.17) is 9.47 Å². The first-order valence-electron chi connectivity index (χ1n) is 9.52. The van der Waals surface area contributed by atoms with Crippen molar-refractivity contribution in [2.24, 2.45) is 5.92 Å². The van der Waals surface area contributed by atoms with E-state index in [0.29, 0.717) is 56.6 Å². The van der Waals surface area contributed by atoms with Gasteiger partial charge in [-0.15, -0.1) is 0 Å². The molecule has 3 amide bonds. The van der Waals surface area contributed by atoms with Gasteiger partial charge in [-0.2, -0.15) is 0 Å². The van der Waals surface area contributed by atoms with E-state index in [0.717, 1.165) is 0 Å². The zero-order chi connectivity index (χ0) is 19.8. The summed E-state index contributed by atoms with van der Waals surface area (Å²) in [6, 6.07) is 7.09. The third-order valence-corrected chi connectivity index (χ3v) is 4.37. The number of ether oxygens (including phenoxy) is 2. The third-order valence-electron chi connectivity index (χ3n) is 4.37. The van der Waals surface area contributed by atoms with Crippen LogP contribution < -0.4 is 10.1 Å². The van der Waals surface area contributed by atoms with Crippen molar-refractivity contribution >= 4 is 11.9 Å². The van der Waals surface area contributed by atoms with Crippen LogP contribution in [0.5, 0.6) is 5.75 Å². The number of hydrogen-bond acceptors (Lipinski definition) is 4. The Kier molecular flexibility index (Phi) is 7.91. The predicted octanol–water partition coefficient (Wildman–Crippen LogP) is 2.22. The van der Waals surface area contributed by atoms with E-state index >= 15 is 0 Å². The highest BCUT2D eigenvalue weighted by Gasteiger charge is 2.28. The second-order valence-corrected chi connectivity index (χ2v) is 7.11. The van der Waals surface area contributed by atoms with Gasteiger partial charge in [-0.25, -0.2) is 4.79 Å². The van der Waals surface area contributed by atoms with Crippen LogP contribution in [0.3, 0.4) is 0 Å². The average Bonchev–Trinajstić information content (AvgIpc) is 2.67. The molecular weight excluding hydrogens is 346 g/mol. The highest BCUT2D eigenvalue weighted by Crippen LogP contribution is 2.17. The Labute approximate surface area is 161 Å². The van der Waals surface area contributed by atoms with Crippen LogP contribution in [0, 0.1) is 5.92 Å². The summed E-state index contributed by atoms with van der Waals surface area (Å²) in [5, 5.41) is 2.82. The molecule has 0 radical (unpaired) electrons. The minimum Gasteiger partial charge on any atom is -0.497 e. The summed E-state index contributed by atoms with van der Waals surface area (Å²) in [5.41, 5.74) is 0.589. The summed E-state index contributed by atoms with van der Waals surface area (Å²) >= 11 is 0. The average molecular weight is 377 g/mol. The Morgan fingerprint density at radius 1 is 1.41 bits per heavy atom. The monoisotopic (exact) mass is 377 g/mol. The first-order valence-corrected chi connectivity index (χ1v) is 9.52. The van der Waals surface area contributed by atoms with Gasteiger partial charge < -0.3 is 24.6 Å². The first-order chi connectivity index (χ1) is 12.9. The van der Waals surface area contributed by atoms with Crippen molar-refractivity contribution in [3.05, 3.63) is 29.8 Å². The van der Waals surface area contributed by atoms with Gasteiger partial charge in [-0.1, -0.05) is 19.9 Å². The van der Waals surface area contributed by atoms with E-state index < -0.39 is 0 Å². The van der Waals surface area contributed by atoms with Gasteiger partial charge in [0.05, 0.1) is 26.4 Å². The molecule has 2 rings (SSSR count). The predicted molar refractivity (Wildman–Crippen MR) is 104 cm³/mol. The summed E-state index contributed by atoms with van der Waals surface area (Å²) in [4.78, 5) is 28.7. The number of morpholine rings is 1. The zero-order valence-electron chi connectivity index (χ0n) is 16.7. The Bertz CT molecular complexity index is 635. The third kappa shape index (κ3) is 6.13. The van der Waals surface area contributed by atoms with Crippen LogP contribution in [0.2, 0.25) is 0 Å². The highest BCUT2D eigenvalue weighted by molar-refractivity contribution is 5.94. The second-order valence-electron chi connectivity index (χ2n) is 7.11. The molecule has 0 saturated carbocycles. The molecule has 1 N–H and O–H groups in total. The number of benzene rings is 1. The molecule has 1 aliphatic rings. The molecule has 0 aromatic heterocycles. The molecule has 1 saturated heterocycles. The summed E-state index contributed by atoms with van der Waals surface area (Å²) in [7, 11) is 1.58. The number of urea groups is 1. The van der Waals surface area contributed by atoms with E-state index in [9.17, 15) is 9.59 Å². The molecule has 0 aliphatic carbocycles. The van der Waals surface area contributed by atoms with E-state index in [1.165, 1.54) is 0 Å². The van der Waals surface area contributed by atoms with Gasteiger partial charge in [-0.05, 0) is 31.0 Å². The molecule has 1 aliphatic heterocycles. The van der Waals surface area contributed by atoms with E-state index in [1.54, 1.807) is 24.1 Å². The van der Waals surface area contributed by atoms with Gasteiger partial charge in [0.1, 0.15) is 5.75 Å². The van der Waals surface area contributed by atoms with Crippen LogP contribution in [-0.4, -0.2) is 74.3 Å². The highest BCUT2D eigenvalue weighted by atomic mass is 16.5. The quantitative estimate of drug-likeness (QED) is 0.791. The fraction of sp³-hybridized carbons (Fsp3) is 0.600. The van der Waals surface area contributed by atoms with Crippen molar-refractivity contribution in [3.63, 3.8) is 0 Å². The molecule has 0 bridgehead atoms. The van der Waals surface area contributed by atoms with Crippen LogP contribution in [0.1, 0.15) is 31.1 Å². The minimum atomic E-state index is -0.199. The van der Waals surface area contributed by atoms with E-state index in [-0.39, 0.29) is 18.0 Å². The molecule has 0 unspecified atom stereocenters. The van der Waals surface area contributed by atoms with Gasteiger partial charge in [0.25, 0.3) is 5.91 Å². The van der Waals surface area contributed by atoms with E-state index in [1.807, 2.05) is 24.0 Å². The number of nitrogens with one attached hydrogen (secondary N) is 1. The number of carbonyl (C=O) groups excluding carboxylic acids is 2. The van der Waals surface area contributed by atoms with Gasteiger partial charge in [0.2, 0.25) is 0 Å². The fourth-order valence-electron chi connectivity index (χ4n) is 3.14. The van der Waals surface area contributed by atoms with Crippen LogP contribution >= 0.6 is 0 Å². The zero-order valence-corrected chi connectivity index (χ0v) is 16.7. The molecular formula is C20H31N3O4. The van der Waals surface area contributed by atoms with Crippen molar-refractivity contribution < 1.29 is 19.1 Å². The first kappa shape index (κ1) is 21.0. The summed E-state index contributed by atoms with van der Waals surface area (Å²) in [6.45, 7) is 9.23. The summed E-state index contributed by atoms with van der Waals surface area (Å²) < 4.78 is 11.1. The maximum absolute atomic E-state index is 13.1. The van der Waals surface area contributed by atoms with Crippen molar-refractivity contribution in [2.75, 3.05) is 46.4 Å². The van der Waals surface area contributed by atoms with Crippen LogP contribution in [0.4, 0.5) is 4.79 Å². The van der Waals surface area contributed by atoms with Crippen molar-refractivity contribution in [2.45, 2.75) is 26.9 Å². The summed E-state index contributed by atoms with van der Waals surface area (Å²) in [6.07, 6.45) is -0.199. The number of hydrogen-bond donors (Lipinski definition) is 1. The molecule has 7 nitrogen and oxygen atoms in total. The molecule has 150 valence electrons. The van der Waals surface area contributed by atoms with Crippen LogP contribution in [-0.2, 0) is 4.74 Å². The molecule has 7 heteroatoms. The largest absolute Gasteiger partial charge is 0.497 e. The van der Waals surface area contributed by atoms with Gasteiger partial charge >= 0.3 is 6.03 Å². The lowest BCUT2D eigenvalue weighted by atomic mass is 10.1. The van der Waals surface area contributed by atoms with Gasteiger partial charge in [0.15, 0.2) is 0 Å². The SMILES string of the molecule is CCNC(=O)N1CCO[C@@H](CN(CC(C)C)C(=O)c2cccc(OC)c2)C1. The number of nitrogens with zero attached hydrogens (tertiary/aromatic N) is 2. The lowest BCUT2D eigenvalue weighted by Gasteiger charge is -2.36. The summed E-state index contributed by atoms with van der Waals surface area (Å²) in [5.74, 6) is 0.922. The van der Waals surface area contributed by atoms with Crippen molar-refractivity contribution in [3.8, 4) is 5.75 Å². The lowest BCUT2D eigenvalue weighted by molar-refractivity contribution is -0.0287. The molecule has 1 atom stereocenters. The van der Waals surface area contributed by atoms with Gasteiger partial charge in [0, 0.05) is 31.7 Å². The van der Waals surface area contributed by atoms with Crippen molar-refractivity contribution in [1.82, 2.24) is 15.1 Å². The smallest absolute Gasteiger partial charge is 0.317 e. The van der Waals surface area contributed by atoms with E-state index in [2.05, 4.69) is 19.2 Å². The molecule has 1 aromatic carbocycles. The van der Waals surface area contributed by atoms with Gasteiger partial charge in [-0.3, -0.25) is 4.79 Å². The maximum atomic E-state index is 13.1. The molecule has 27 heavy (non-hydrogen) atoms. The Hall–Kier alpha value is -2.28. The maximum Gasteiger partial charge on any atom is 0.317 e. The molecule has 1 fully saturated rings. The Morgan fingerprint density at radius 3 is 2.85 bits per heavy atom. The van der Waals surface area contributed by atoms with Crippen LogP contribution in [0.25, 0.3) is 0 Å². The number of carbonyl (C=O) groups is 2. The Morgan fingerprint density at radius 2 is 2.19 bits per heavy atom. The normalized spacial score (nSPS) is 16.9. The number of rotatable bonds is 7. The lowest BCUT2D eigenvalue weighted by Crippen LogP contribution is -2.53. The number of amides is 3. The van der Waals surface area contributed by atoms with Crippen LogP contribution in [0.15, 0.2) is 24.3 Å². The second kappa shape index (κ2) is 10.2. The Balaban J connectivity index is 2.09. The fourth-order valence-corrected chi connectivity index (χ4v) is 3.14. The molecule has 1 aromatic rings. The molecule has 1 heterocycles. The minimum absolute atomic E-state index is 0.0543. The topological polar surface area (TPSA) is 71.1 Å².